The van der Waals surface area contributed by atoms with E-state index in [0.29, 0.717) is 24.2 Å². The summed E-state index contributed by atoms with van der Waals surface area (Å²) in [5.41, 5.74) is 7.39. The van der Waals surface area contributed by atoms with Crippen LogP contribution in [0, 0.1) is 12.7 Å². The highest BCUT2D eigenvalue weighted by Crippen LogP contribution is 2.34. The van der Waals surface area contributed by atoms with Crippen molar-refractivity contribution >= 4 is 21.4 Å². The molecule has 0 atom stereocenters. The fourth-order valence-corrected chi connectivity index (χ4v) is 4.37. The Kier molecular flexibility index (Phi) is 3.13. The van der Waals surface area contributed by atoms with Gasteiger partial charge in [0, 0.05) is 6.54 Å². The summed E-state index contributed by atoms with van der Waals surface area (Å²) in [5, 5.41) is 0. The van der Waals surface area contributed by atoms with Crippen molar-refractivity contribution in [3.05, 3.63) is 53.3 Å². The minimum Gasteiger partial charge on any atom is -0.396 e. The van der Waals surface area contributed by atoms with Gasteiger partial charge in [-0.1, -0.05) is 18.2 Å². The standard InChI is InChI=1S/C15H15FN2O2S/c1-10-8-12(16)13(17)9-15(10)21(19,20)18-7-6-11-4-2-3-5-14(11)18/h2-5,8-9H,6-7,17H2,1H3. The first-order valence-electron chi connectivity index (χ1n) is 6.57. The second-order valence-corrected chi connectivity index (χ2v) is 6.93. The van der Waals surface area contributed by atoms with Crippen molar-refractivity contribution in [2.24, 2.45) is 0 Å². The number of hydrogen-bond donors (Lipinski definition) is 1. The molecule has 0 fully saturated rings. The molecule has 1 aliphatic rings. The maximum absolute atomic E-state index is 13.4. The molecule has 0 saturated carbocycles. The summed E-state index contributed by atoms with van der Waals surface area (Å²) >= 11 is 0. The summed E-state index contributed by atoms with van der Waals surface area (Å²) in [6.45, 7) is 1.95. The zero-order valence-electron chi connectivity index (χ0n) is 11.5. The third-order valence-corrected chi connectivity index (χ3v) is 5.66. The Morgan fingerprint density at radius 1 is 1.24 bits per heavy atom. The molecule has 0 aromatic heterocycles. The molecular weight excluding hydrogens is 291 g/mol. The molecule has 0 amide bonds. The molecule has 0 spiro atoms. The van der Waals surface area contributed by atoms with E-state index in [0.717, 1.165) is 11.6 Å². The summed E-state index contributed by atoms with van der Waals surface area (Å²) in [6.07, 6.45) is 0.672. The molecule has 1 aliphatic heterocycles. The number of hydrogen-bond acceptors (Lipinski definition) is 3. The van der Waals surface area contributed by atoms with E-state index in [1.165, 1.54) is 10.4 Å². The SMILES string of the molecule is Cc1cc(F)c(N)cc1S(=O)(=O)N1CCc2ccccc21. The Hall–Kier alpha value is -2.08. The van der Waals surface area contributed by atoms with Crippen LogP contribution in [-0.2, 0) is 16.4 Å². The van der Waals surface area contributed by atoms with Gasteiger partial charge in [-0.05, 0) is 42.7 Å². The molecule has 6 heteroatoms. The Bertz CT molecular complexity index is 818. The van der Waals surface area contributed by atoms with E-state index in [1.54, 1.807) is 19.1 Å². The predicted octanol–water partition coefficient (Wildman–Crippen LogP) is 2.47. The summed E-state index contributed by atoms with van der Waals surface area (Å²) in [5.74, 6) is -0.603. The normalized spacial score (nSPS) is 14.3. The maximum atomic E-state index is 13.4. The molecule has 2 aromatic rings. The van der Waals surface area contributed by atoms with Crippen molar-refractivity contribution < 1.29 is 12.8 Å². The molecule has 0 saturated heterocycles. The van der Waals surface area contributed by atoms with E-state index >= 15 is 0 Å². The molecule has 0 bridgehead atoms. The molecule has 0 aliphatic carbocycles. The average Bonchev–Trinajstić information content (AvgIpc) is 2.87. The van der Waals surface area contributed by atoms with Gasteiger partial charge in [0.25, 0.3) is 10.0 Å². The minimum absolute atomic E-state index is 0.0538. The summed E-state index contributed by atoms with van der Waals surface area (Å²) < 4.78 is 40.5. The van der Waals surface area contributed by atoms with Gasteiger partial charge >= 0.3 is 0 Å². The van der Waals surface area contributed by atoms with Crippen LogP contribution in [0.2, 0.25) is 0 Å². The van der Waals surface area contributed by atoms with E-state index in [9.17, 15) is 12.8 Å². The molecule has 1 heterocycles. The fraction of sp³-hybridized carbons (Fsp3) is 0.200. The average molecular weight is 306 g/mol. The lowest BCUT2D eigenvalue weighted by molar-refractivity contribution is 0.590. The number of fused-ring (bicyclic) bond motifs is 1. The van der Waals surface area contributed by atoms with Gasteiger partial charge in [-0.15, -0.1) is 0 Å². The van der Waals surface area contributed by atoms with E-state index in [1.807, 2.05) is 12.1 Å². The van der Waals surface area contributed by atoms with Crippen LogP contribution in [0.4, 0.5) is 15.8 Å². The van der Waals surface area contributed by atoms with Crippen LogP contribution in [0.25, 0.3) is 0 Å². The molecule has 0 radical (unpaired) electrons. The summed E-state index contributed by atoms with van der Waals surface area (Å²) in [4.78, 5) is 0.0538. The highest BCUT2D eigenvalue weighted by Gasteiger charge is 2.32. The third-order valence-electron chi connectivity index (χ3n) is 3.71. The van der Waals surface area contributed by atoms with Gasteiger partial charge in [0.1, 0.15) is 5.82 Å². The number of nitrogen functional groups attached to an aromatic ring is 1. The molecule has 2 N–H and O–H groups in total. The molecule has 0 unspecified atom stereocenters. The highest BCUT2D eigenvalue weighted by atomic mass is 32.2. The number of sulfonamides is 1. The number of para-hydroxylation sites is 1. The van der Waals surface area contributed by atoms with Crippen LogP contribution in [0.15, 0.2) is 41.3 Å². The zero-order chi connectivity index (χ0) is 15.2. The van der Waals surface area contributed by atoms with Crippen molar-refractivity contribution in [3.8, 4) is 0 Å². The van der Waals surface area contributed by atoms with E-state index < -0.39 is 15.8 Å². The van der Waals surface area contributed by atoms with Gasteiger partial charge in [0.15, 0.2) is 0 Å². The Balaban J connectivity index is 2.13. The predicted molar refractivity (Wildman–Crippen MR) is 80.2 cm³/mol. The number of benzene rings is 2. The zero-order valence-corrected chi connectivity index (χ0v) is 12.3. The molecule has 21 heavy (non-hydrogen) atoms. The lowest BCUT2D eigenvalue weighted by Gasteiger charge is -2.21. The van der Waals surface area contributed by atoms with Crippen LogP contribution >= 0.6 is 0 Å². The number of nitrogens with zero attached hydrogens (tertiary/aromatic N) is 1. The first-order valence-corrected chi connectivity index (χ1v) is 8.01. The van der Waals surface area contributed by atoms with Gasteiger partial charge < -0.3 is 5.73 Å². The van der Waals surface area contributed by atoms with Crippen LogP contribution in [0.5, 0.6) is 0 Å². The van der Waals surface area contributed by atoms with Crippen molar-refractivity contribution in [1.82, 2.24) is 0 Å². The van der Waals surface area contributed by atoms with Gasteiger partial charge in [-0.2, -0.15) is 0 Å². The van der Waals surface area contributed by atoms with Crippen molar-refractivity contribution in [3.63, 3.8) is 0 Å². The van der Waals surface area contributed by atoms with Crippen LogP contribution in [-0.4, -0.2) is 15.0 Å². The van der Waals surface area contributed by atoms with E-state index in [-0.39, 0.29) is 10.6 Å². The van der Waals surface area contributed by atoms with Crippen LogP contribution < -0.4 is 10.0 Å². The topological polar surface area (TPSA) is 63.4 Å². The van der Waals surface area contributed by atoms with E-state index in [2.05, 4.69) is 0 Å². The van der Waals surface area contributed by atoms with Gasteiger partial charge in [0.05, 0.1) is 16.3 Å². The lowest BCUT2D eigenvalue weighted by Crippen LogP contribution is -2.29. The third kappa shape index (κ3) is 2.15. The monoisotopic (exact) mass is 306 g/mol. The number of rotatable bonds is 2. The Morgan fingerprint density at radius 2 is 1.95 bits per heavy atom. The highest BCUT2D eigenvalue weighted by molar-refractivity contribution is 7.93. The van der Waals surface area contributed by atoms with Gasteiger partial charge in [0.2, 0.25) is 0 Å². The van der Waals surface area contributed by atoms with Gasteiger partial charge in [-0.25, -0.2) is 12.8 Å². The second-order valence-electron chi connectivity index (χ2n) is 5.10. The molecule has 110 valence electrons. The number of aryl methyl sites for hydroxylation is 1. The summed E-state index contributed by atoms with van der Waals surface area (Å²) in [7, 11) is -3.74. The molecule has 2 aromatic carbocycles. The molecular formula is C15H15FN2O2S. The van der Waals surface area contributed by atoms with Crippen LogP contribution in [0.3, 0.4) is 0 Å². The van der Waals surface area contributed by atoms with Crippen molar-refractivity contribution in [2.75, 3.05) is 16.6 Å². The van der Waals surface area contributed by atoms with Crippen LogP contribution in [0.1, 0.15) is 11.1 Å². The summed E-state index contributed by atoms with van der Waals surface area (Å²) in [6, 6.07) is 9.73. The maximum Gasteiger partial charge on any atom is 0.264 e. The number of halogens is 1. The van der Waals surface area contributed by atoms with Gasteiger partial charge in [-0.3, -0.25) is 4.31 Å². The minimum atomic E-state index is -3.74. The molecule has 3 rings (SSSR count). The first kappa shape index (κ1) is 13.9. The second kappa shape index (κ2) is 4.73. The van der Waals surface area contributed by atoms with Crippen molar-refractivity contribution in [1.29, 1.82) is 0 Å². The number of anilines is 2. The number of nitrogens with two attached hydrogens (primary N) is 1. The largest absolute Gasteiger partial charge is 0.396 e. The quantitative estimate of drug-likeness (QED) is 0.867. The first-order chi connectivity index (χ1) is 9.91. The Morgan fingerprint density at radius 3 is 2.71 bits per heavy atom. The lowest BCUT2D eigenvalue weighted by atomic mass is 10.2. The fourth-order valence-electron chi connectivity index (χ4n) is 2.62. The van der Waals surface area contributed by atoms with Crippen molar-refractivity contribution in [2.45, 2.75) is 18.2 Å². The smallest absolute Gasteiger partial charge is 0.264 e. The Labute approximate surface area is 123 Å². The van der Waals surface area contributed by atoms with E-state index in [4.69, 9.17) is 5.73 Å². The molecule has 4 nitrogen and oxygen atoms in total.